The molecule has 0 spiro atoms. The van der Waals surface area contributed by atoms with Gasteiger partial charge in [0.1, 0.15) is 0 Å². The van der Waals surface area contributed by atoms with E-state index in [0.29, 0.717) is 12.0 Å². The zero-order chi connectivity index (χ0) is 23.4. The van der Waals surface area contributed by atoms with E-state index in [0.717, 1.165) is 49.8 Å². The predicted octanol–water partition coefficient (Wildman–Crippen LogP) is 7.79. The Kier molecular flexibility index (Phi) is 10.7. The molecule has 3 nitrogen and oxygen atoms in total. The Hall–Kier alpha value is -2.37. The monoisotopic (exact) mass is 449 g/mol. The molecule has 0 bridgehead atoms. The lowest BCUT2D eigenvalue weighted by molar-refractivity contribution is -0.180. The second-order valence-electron chi connectivity index (χ2n) is 8.25. The van der Waals surface area contributed by atoms with E-state index in [1.54, 1.807) is 24.3 Å². The highest BCUT2D eigenvalue weighted by Crippen LogP contribution is 2.33. The average molecular weight is 450 g/mol. The van der Waals surface area contributed by atoms with E-state index >= 15 is 0 Å². The third-order valence-corrected chi connectivity index (χ3v) is 5.63. The fourth-order valence-corrected chi connectivity index (χ4v) is 3.57. The summed E-state index contributed by atoms with van der Waals surface area (Å²) in [6.45, 7) is 3.94. The standard InChI is InChI=1S/C26H34F3NO2/c1-3-5-7-8-10-23(26(27,28)29)17-18-32-25(31)22-14-12-21(13-15-22)24-16-11-20(19-30-24)9-6-4-2/h11-16,19,23H,3-10,17-18H2,1-2H3. The van der Waals surface area contributed by atoms with Gasteiger partial charge in [-0.05, 0) is 49.4 Å². The number of pyridine rings is 1. The molecule has 1 unspecified atom stereocenters. The molecule has 0 amide bonds. The van der Waals surface area contributed by atoms with Crippen molar-refractivity contribution >= 4 is 5.97 Å². The summed E-state index contributed by atoms with van der Waals surface area (Å²) in [6, 6.07) is 10.8. The molecule has 1 aromatic carbocycles. The highest BCUT2D eigenvalue weighted by molar-refractivity contribution is 5.90. The smallest absolute Gasteiger partial charge is 0.391 e. The van der Waals surface area contributed by atoms with E-state index in [2.05, 4.69) is 18.0 Å². The summed E-state index contributed by atoms with van der Waals surface area (Å²) in [6.07, 6.45) is 4.01. The van der Waals surface area contributed by atoms with E-state index in [1.165, 1.54) is 5.56 Å². The topological polar surface area (TPSA) is 39.2 Å². The second-order valence-corrected chi connectivity index (χ2v) is 8.25. The second kappa shape index (κ2) is 13.2. The quantitative estimate of drug-likeness (QED) is 0.231. The SMILES string of the molecule is CCCCCCC(CCOC(=O)c1ccc(-c2ccc(CCCC)cn2)cc1)C(F)(F)F. The van der Waals surface area contributed by atoms with Gasteiger partial charge < -0.3 is 4.74 Å². The lowest BCUT2D eigenvalue weighted by atomic mass is 9.97. The van der Waals surface area contributed by atoms with Gasteiger partial charge in [0.2, 0.25) is 0 Å². The molecule has 32 heavy (non-hydrogen) atoms. The number of alkyl halides is 3. The maximum Gasteiger partial charge on any atom is 0.391 e. The van der Waals surface area contributed by atoms with Crippen LogP contribution in [0.15, 0.2) is 42.6 Å². The summed E-state index contributed by atoms with van der Waals surface area (Å²) in [4.78, 5) is 16.7. The molecule has 2 rings (SSSR count). The van der Waals surface area contributed by atoms with Crippen LogP contribution in [0.5, 0.6) is 0 Å². The number of ether oxygens (including phenoxy) is 1. The minimum atomic E-state index is -4.26. The van der Waals surface area contributed by atoms with Gasteiger partial charge in [0.05, 0.1) is 23.8 Å². The van der Waals surface area contributed by atoms with Crippen LogP contribution in [0.25, 0.3) is 11.3 Å². The molecule has 0 aliphatic carbocycles. The number of aryl methyl sites for hydroxylation is 1. The summed E-state index contributed by atoms with van der Waals surface area (Å²) < 4.78 is 44.8. The predicted molar refractivity (Wildman–Crippen MR) is 121 cm³/mol. The fraction of sp³-hybridized carbons (Fsp3) is 0.538. The normalized spacial score (nSPS) is 12.5. The zero-order valence-corrected chi connectivity index (χ0v) is 19.1. The van der Waals surface area contributed by atoms with Crippen LogP contribution in [0.1, 0.15) is 81.1 Å². The summed E-state index contributed by atoms with van der Waals surface area (Å²) in [7, 11) is 0. The highest BCUT2D eigenvalue weighted by atomic mass is 19.4. The first-order chi connectivity index (χ1) is 15.3. The molecule has 1 atom stereocenters. The molecule has 0 fully saturated rings. The van der Waals surface area contributed by atoms with Crippen molar-refractivity contribution in [2.45, 2.75) is 77.8 Å². The lowest BCUT2D eigenvalue weighted by Gasteiger charge is -2.20. The summed E-state index contributed by atoms with van der Waals surface area (Å²) in [5.41, 5.74) is 3.19. The van der Waals surface area contributed by atoms with Gasteiger partial charge in [-0.3, -0.25) is 4.98 Å². The van der Waals surface area contributed by atoms with Crippen molar-refractivity contribution in [3.05, 3.63) is 53.7 Å². The molecule has 0 saturated carbocycles. The Labute approximate surface area is 189 Å². The number of hydrogen-bond acceptors (Lipinski definition) is 3. The first-order valence-corrected chi connectivity index (χ1v) is 11.6. The Morgan fingerprint density at radius 2 is 1.66 bits per heavy atom. The summed E-state index contributed by atoms with van der Waals surface area (Å²) >= 11 is 0. The van der Waals surface area contributed by atoms with Crippen molar-refractivity contribution < 1.29 is 22.7 Å². The third kappa shape index (κ3) is 8.64. The van der Waals surface area contributed by atoms with Gasteiger partial charge in [0.15, 0.2) is 0 Å². The molecule has 1 heterocycles. The van der Waals surface area contributed by atoms with E-state index < -0.39 is 18.1 Å². The van der Waals surface area contributed by atoms with Crippen LogP contribution in [0.3, 0.4) is 0 Å². The van der Waals surface area contributed by atoms with E-state index in [9.17, 15) is 18.0 Å². The molecule has 1 aromatic heterocycles. The maximum atomic E-state index is 13.2. The molecule has 6 heteroatoms. The number of hydrogen-bond donors (Lipinski definition) is 0. The van der Waals surface area contributed by atoms with Crippen LogP contribution in [-0.2, 0) is 11.2 Å². The fourth-order valence-electron chi connectivity index (χ4n) is 3.57. The van der Waals surface area contributed by atoms with Gasteiger partial charge in [-0.15, -0.1) is 0 Å². The molecule has 0 saturated heterocycles. The maximum absolute atomic E-state index is 13.2. The van der Waals surface area contributed by atoms with E-state index in [1.807, 2.05) is 19.2 Å². The Morgan fingerprint density at radius 1 is 0.938 bits per heavy atom. The largest absolute Gasteiger partial charge is 0.462 e. The van der Waals surface area contributed by atoms with Gasteiger partial charge >= 0.3 is 12.1 Å². The minimum absolute atomic E-state index is 0.0833. The van der Waals surface area contributed by atoms with Crippen LogP contribution in [0.2, 0.25) is 0 Å². The number of esters is 1. The molecule has 0 aliphatic rings. The first kappa shape index (κ1) is 25.9. The zero-order valence-electron chi connectivity index (χ0n) is 19.1. The van der Waals surface area contributed by atoms with Gasteiger partial charge in [-0.1, -0.05) is 64.2 Å². The van der Waals surface area contributed by atoms with Gasteiger partial charge in [-0.25, -0.2) is 4.79 Å². The van der Waals surface area contributed by atoms with Crippen molar-refractivity contribution in [2.75, 3.05) is 6.61 Å². The van der Waals surface area contributed by atoms with Crippen LogP contribution in [0, 0.1) is 5.92 Å². The molecular weight excluding hydrogens is 415 g/mol. The molecule has 176 valence electrons. The lowest BCUT2D eigenvalue weighted by Crippen LogP contribution is -2.25. The van der Waals surface area contributed by atoms with Crippen LogP contribution >= 0.6 is 0 Å². The first-order valence-electron chi connectivity index (χ1n) is 11.6. The minimum Gasteiger partial charge on any atom is -0.462 e. The number of nitrogens with zero attached hydrogens (tertiary/aromatic N) is 1. The van der Waals surface area contributed by atoms with Crippen LogP contribution < -0.4 is 0 Å². The van der Waals surface area contributed by atoms with Gasteiger partial charge in [0, 0.05) is 11.8 Å². The highest BCUT2D eigenvalue weighted by Gasteiger charge is 2.38. The van der Waals surface area contributed by atoms with E-state index in [-0.39, 0.29) is 19.4 Å². The van der Waals surface area contributed by atoms with E-state index in [4.69, 9.17) is 4.74 Å². The number of halogens is 3. The molecule has 0 N–H and O–H groups in total. The number of carbonyl (C=O) groups excluding carboxylic acids is 1. The van der Waals surface area contributed by atoms with Crippen molar-refractivity contribution in [1.82, 2.24) is 4.98 Å². The van der Waals surface area contributed by atoms with Crippen molar-refractivity contribution in [3.8, 4) is 11.3 Å². The van der Waals surface area contributed by atoms with Crippen molar-refractivity contribution in [2.24, 2.45) is 5.92 Å². The van der Waals surface area contributed by atoms with Crippen molar-refractivity contribution in [3.63, 3.8) is 0 Å². The number of unbranched alkanes of at least 4 members (excludes halogenated alkanes) is 4. The Balaban J connectivity index is 1.86. The Morgan fingerprint density at radius 3 is 2.25 bits per heavy atom. The Bertz CT molecular complexity index is 801. The molecule has 0 radical (unpaired) electrons. The van der Waals surface area contributed by atoms with Crippen LogP contribution in [-0.4, -0.2) is 23.7 Å². The number of carbonyl (C=O) groups is 1. The molecule has 0 aliphatic heterocycles. The van der Waals surface area contributed by atoms with Crippen LogP contribution in [0.4, 0.5) is 13.2 Å². The molecule has 2 aromatic rings. The van der Waals surface area contributed by atoms with Gasteiger partial charge in [0.25, 0.3) is 0 Å². The number of rotatable bonds is 13. The number of benzene rings is 1. The summed E-state index contributed by atoms with van der Waals surface area (Å²) in [5.74, 6) is -2.03. The van der Waals surface area contributed by atoms with Gasteiger partial charge in [-0.2, -0.15) is 13.2 Å². The average Bonchev–Trinajstić information content (AvgIpc) is 2.79. The van der Waals surface area contributed by atoms with Crippen molar-refractivity contribution in [1.29, 1.82) is 0 Å². The molecular formula is C26H34F3NO2. The third-order valence-electron chi connectivity index (χ3n) is 5.63. The number of aromatic nitrogens is 1. The summed E-state index contributed by atoms with van der Waals surface area (Å²) in [5, 5.41) is 0.